The maximum Gasteiger partial charge on any atom is 0.340 e. The first kappa shape index (κ1) is 12.0. The van der Waals surface area contributed by atoms with Crippen molar-refractivity contribution in [3.05, 3.63) is 16.5 Å². The SMILES string of the molecule is COC(=O)c1cc(CCCCO)sc1N. The molecule has 84 valence electrons. The number of hydrogen-bond acceptors (Lipinski definition) is 5. The Morgan fingerprint density at radius 3 is 2.93 bits per heavy atom. The number of anilines is 1. The van der Waals surface area contributed by atoms with E-state index < -0.39 is 5.97 Å². The van der Waals surface area contributed by atoms with Crippen LogP contribution in [-0.4, -0.2) is 24.8 Å². The van der Waals surface area contributed by atoms with Gasteiger partial charge in [0.05, 0.1) is 12.7 Å². The van der Waals surface area contributed by atoms with E-state index in [9.17, 15) is 4.79 Å². The lowest BCUT2D eigenvalue weighted by atomic mass is 10.2. The highest BCUT2D eigenvalue weighted by atomic mass is 32.1. The first-order chi connectivity index (χ1) is 7.19. The van der Waals surface area contributed by atoms with E-state index in [0.717, 1.165) is 24.1 Å². The molecule has 0 aliphatic heterocycles. The minimum absolute atomic E-state index is 0.199. The van der Waals surface area contributed by atoms with Crippen LogP contribution >= 0.6 is 11.3 Å². The fraction of sp³-hybridized carbons (Fsp3) is 0.500. The van der Waals surface area contributed by atoms with E-state index >= 15 is 0 Å². The van der Waals surface area contributed by atoms with Crippen LogP contribution in [0.25, 0.3) is 0 Å². The molecule has 15 heavy (non-hydrogen) atoms. The van der Waals surface area contributed by atoms with Crippen LogP contribution < -0.4 is 5.73 Å². The smallest absolute Gasteiger partial charge is 0.340 e. The van der Waals surface area contributed by atoms with Crippen molar-refractivity contribution in [2.75, 3.05) is 19.5 Å². The number of esters is 1. The minimum atomic E-state index is -0.392. The molecular weight excluding hydrogens is 214 g/mol. The Bertz CT molecular complexity index is 335. The molecule has 0 bridgehead atoms. The van der Waals surface area contributed by atoms with Crippen molar-refractivity contribution in [2.24, 2.45) is 0 Å². The van der Waals surface area contributed by atoms with Gasteiger partial charge in [0.1, 0.15) is 5.00 Å². The van der Waals surface area contributed by atoms with Gasteiger partial charge >= 0.3 is 5.97 Å². The van der Waals surface area contributed by atoms with Gasteiger partial charge in [-0.2, -0.15) is 0 Å². The molecular formula is C10H15NO3S. The quantitative estimate of drug-likeness (QED) is 0.592. The normalized spacial score (nSPS) is 10.3. The van der Waals surface area contributed by atoms with Gasteiger partial charge in [-0.25, -0.2) is 4.79 Å². The number of carbonyl (C=O) groups is 1. The number of hydrogen-bond donors (Lipinski definition) is 2. The highest BCUT2D eigenvalue weighted by molar-refractivity contribution is 7.16. The van der Waals surface area contributed by atoms with Gasteiger partial charge in [0, 0.05) is 11.5 Å². The largest absolute Gasteiger partial charge is 0.465 e. The van der Waals surface area contributed by atoms with Crippen LogP contribution in [0.15, 0.2) is 6.07 Å². The standard InChI is InChI=1S/C10H15NO3S/c1-14-10(13)8-6-7(15-9(8)11)4-2-3-5-12/h6,12H,2-5,11H2,1H3. The summed E-state index contributed by atoms with van der Waals surface area (Å²) in [5.74, 6) is -0.392. The van der Waals surface area contributed by atoms with Gasteiger partial charge in [0.15, 0.2) is 0 Å². The fourth-order valence-electron chi connectivity index (χ4n) is 1.26. The Balaban J connectivity index is 2.64. The van der Waals surface area contributed by atoms with Crippen molar-refractivity contribution in [3.63, 3.8) is 0 Å². The van der Waals surface area contributed by atoms with Crippen LogP contribution in [0.2, 0.25) is 0 Å². The summed E-state index contributed by atoms with van der Waals surface area (Å²) in [6, 6.07) is 1.77. The van der Waals surface area contributed by atoms with Crippen molar-refractivity contribution < 1.29 is 14.6 Å². The molecule has 3 N–H and O–H groups in total. The number of carbonyl (C=O) groups excluding carboxylic acids is 1. The molecule has 0 saturated carbocycles. The average Bonchev–Trinajstić information content (AvgIpc) is 2.59. The van der Waals surface area contributed by atoms with Crippen molar-refractivity contribution in [2.45, 2.75) is 19.3 Å². The summed E-state index contributed by atoms with van der Waals surface area (Å²) < 4.78 is 4.60. The molecule has 0 atom stereocenters. The first-order valence-corrected chi connectivity index (χ1v) is 5.58. The predicted octanol–water partition coefficient (Wildman–Crippen LogP) is 1.43. The molecule has 1 aromatic rings. The average molecular weight is 229 g/mol. The molecule has 0 radical (unpaired) electrons. The number of nitrogens with two attached hydrogens (primary N) is 1. The van der Waals surface area contributed by atoms with E-state index in [-0.39, 0.29) is 6.61 Å². The Hall–Kier alpha value is -1.07. The van der Waals surface area contributed by atoms with Crippen molar-refractivity contribution in [1.82, 2.24) is 0 Å². The molecule has 1 heterocycles. The number of aliphatic hydroxyl groups is 1. The van der Waals surface area contributed by atoms with Crippen LogP contribution in [-0.2, 0) is 11.2 Å². The number of unbranched alkanes of at least 4 members (excludes halogenated alkanes) is 1. The lowest BCUT2D eigenvalue weighted by Gasteiger charge is -1.95. The monoisotopic (exact) mass is 229 g/mol. The maximum atomic E-state index is 11.2. The zero-order valence-corrected chi connectivity index (χ0v) is 9.47. The zero-order chi connectivity index (χ0) is 11.3. The third-order valence-corrected chi connectivity index (χ3v) is 3.07. The van der Waals surface area contributed by atoms with E-state index in [1.807, 2.05) is 0 Å². The van der Waals surface area contributed by atoms with Gasteiger partial charge in [-0.15, -0.1) is 11.3 Å². The van der Waals surface area contributed by atoms with E-state index in [0.29, 0.717) is 10.6 Å². The molecule has 0 fully saturated rings. The number of ether oxygens (including phenoxy) is 1. The van der Waals surface area contributed by atoms with Crippen molar-refractivity contribution >= 4 is 22.3 Å². The molecule has 0 amide bonds. The van der Waals surface area contributed by atoms with Gasteiger partial charge in [-0.05, 0) is 25.3 Å². The number of methoxy groups -OCH3 is 1. The Morgan fingerprint density at radius 1 is 1.60 bits per heavy atom. The van der Waals surface area contributed by atoms with Crippen molar-refractivity contribution in [1.29, 1.82) is 0 Å². The molecule has 0 aliphatic rings. The second-order valence-electron chi connectivity index (χ2n) is 3.16. The van der Waals surface area contributed by atoms with E-state index in [2.05, 4.69) is 4.74 Å². The van der Waals surface area contributed by atoms with Crippen LogP contribution in [0.4, 0.5) is 5.00 Å². The molecule has 1 rings (SSSR count). The summed E-state index contributed by atoms with van der Waals surface area (Å²) in [4.78, 5) is 12.3. The molecule has 4 nitrogen and oxygen atoms in total. The second kappa shape index (κ2) is 5.72. The third kappa shape index (κ3) is 3.21. The van der Waals surface area contributed by atoms with Gasteiger partial charge in [0.25, 0.3) is 0 Å². The second-order valence-corrected chi connectivity index (χ2v) is 4.33. The Labute approximate surface area is 92.7 Å². The third-order valence-electron chi connectivity index (χ3n) is 2.05. The summed E-state index contributed by atoms with van der Waals surface area (Å²) in [7, 11) is 1.34. The number of thiophene rings is 1. The highest BCUT2D eigenvalue weighted by Crippen LogP contribution is 2.26. The van der Waals surface area contributed by atoms with Crippen LogP contribution in [0, 0.1) is 0 Å². The summed E-state index contributed by atoms with van der Waals surface area (Å²) in [6.07, 6.45) is 2.51. The minimum Gasteiger partial charge on any atom is -0.465 e. The number of aryl methyl sites for hydroxylation is 1. The lowest BCUT2D eigenvalue weighted by molar-refractivity contribution is 0.0602. The number of nitrogen functional groups attached to an aromatic ring is 1. The van der Waals surface area contributed by atoms with Crippen molar-refractivity contribution in [3.8, 4) is 0 Å². The van der Waals surface area contributed by atoms with Gasteiger partial charge in [0.2, 0.25) is 0 Å². The first-order valence-electron chi connectivity index (χ1n) is 4.76. The fourth-order valence-corrected chi connectivity index (χ4v) is 2.22. The highest BCUT2D eigenvalue weighted by Gasteiger charge is 2.13. The zero-order valence-electron chi connectivity index (χ0n) is 8.66. The van der Waals surface area contributed by atoms with E-state index in [4.69, 9.17) is 10.8 Å². The van der Waals surface area contributed by atoms with Crippen LogP contribution in [0.3, 0.4) is 0 Å². The summed E-state index contributed by atoms with van der Waals surface area (Å²) in [6.45, 7) is 0.199. The van der Waals surface area contributed by atoms with Crippen LogP contribution in [0.5, 0.6) is 0 Å². The number of rotatable bonds is 5. The molecule has 0 saturated heterocycles. The Kier molecular flexibility index (Phi) is 4.58. The van der Waals surface area contributed by atoms with E-state index in [1.54, 1.807) is 6.07 Å². The van der Waals surface area contributed by atoms with Gasteiger partial charge < -0.3 is 15.6 Å². The molecule has 0 unspecified atom stereocenters. The molecule has 0 spiro atoms. The summed E-state index contributed by atoms with van der Waals surface area (Å²) in [5.41, 5.74) is 6.14. The summed E-state index contributed by atoms with van der Waals surface area (Å²) >= 11 is 1.40. The van der Waals surface area contributed by atoms with E-state index in [1.165, 1.54) is 18.4 Å². The molecule has 0 aliphatic carbocycles. The topological polar surface area (TPSA) is 72.5 Å². The summed E-state index contributed by atoms with van der Waals surface area (Å²) in [5, 5.41) is 9.14. The van der Waals surface area contributed by atoms with Crippen LogP contribution in [0.1, 0.15) is 28.1 Å². The number of aliphatic hydroxyl groups excluding tert-OH is 1. The maximum absolute atomic E-state index is 11.2. The lowest BCUT2D eigenvalue weighted by Crippen LogP contribution is -2.01. The Morgan fingerprint density at radius 2 is 2.33 bits per heavy atom. The molecule has 1 aromatic heterocycles. The predicted molar refractivity (Wildman–Crippen MR) is 60.1 cm³/mol. The molecule has 0 aromatic carbocycles. The van der Waals surface area contributed by atoms with Gasteiger partial charge in [-0.3, -0.25) is 0 Å². The van der Waals surface area contributed by atoms with Gasteiger partial charge in [-0.1, -0.05) is 0 Å². The molecule has 5 heteroatoms.